The molecular formula is C11H7ClF6N2OS. The highest BCUT2D eigenvalue weighted by Gasteiger charge is 2.89. The fourth-order valence-corrected chi connectivity index (χ4v) is 3.85. The van der Waals surface area contributed by atoms with Crippen LogP contribution in [0.3, 0.4) is 0 Å². The molecule has 1 amide bonds. The lowest BCUT2D eigenvalue weighted by molar-refractivity contribution is -0.326. The minimum Gasteiger partial charge on any atom is -0.335 e. The number of hydrogen-bond acceptors (Lipinski definition) is 3. The van der Waals surface area contributed by atoms with Gasteiger partial charge in [0.1, 0.15) is 9.75 Å². The highest BCUT2D eigenvalue weighted by atomic mass is 35.5. The Bertz CT molecular complexity index is 624. The number of fused-ring (bicyclic) bond motifs is 1. The first-order valence-corrected chi connectivity index (χ1v) is 7.22. The maximum atomic E-state index is 14.0. The van der Waals surface area contributed by atoms with E-state index in [1.807, 2.05) is 0 Å². The molecule has 2 heterocycles. The first kappa shape index (κ1) is 15.9. The summed E-state index contributed by atoms with van der Waals surface area (Å²) in [7, 11) is 0. The number of aromatic nitrogens is 1. The zero-order chi connectivity index (χ0) is 16.6. The van der Waals surface area contributed by atoms with Crippen LogP contribution in [0.15, 0.2) is 11.7 Å². The number of amides is 1. The van der Waals surface area contributed by atoms with Crippen LogP contribution in [-0.2, 0) is 10.7 Å². The van der Waals surface area contributed by atoms with Gasteiger partial charge in [-0.2, -0.15) is 26.3 Å². The molecule has 1 saturated heterocycles. The van der Waals surface area contributed by atoms with Crippen molar-refractivity contribution in [2.45, 2.75) is 22.6 Å². The molecule has 0 N–H and O–H groups in total. The summed E-state index contributed by atoms with van der Waals surface area (Å²) in [4.78, 5) is 12.1. The van der Waals surface area contributed by atoms with Crippen LogP contribution in [-0.4, -0.2) is 45.6 Å². The molecule has 22 heavy (non-hydrogen) atoms. The molecule has 1 aromatic rings. The molecule has 3 nitrogen and oxygen atoms in total. The van der Waals surface area contributed by atoms with E-state index in [4.69, 9.17) is 11.6 Å². The second-order valence-electron chi connectivity index (χ2n) is 5.24. The summed E-state index contributed by atoms with van der Waals surface area (Å²) in [5, 5.41) is 0. The molecule has 1 aromatic heterocycles. The monoisotopic (exact) mass is 364 g/mol. The van der Waals surface area contributed by atoms with E-state index in [2.05, 4.69) is 4.98 Å². The zero-order valence-corrected chi connectivity index (χ0v) is 12.1. The molecule has 122 valence electrons. The second kappa shape index (κ2) is 4.28. The standard InChI is InChI=1S/C11H7ClF6N2OS/c12-8-3-20(2-5(8)10(15,16)11(8,17)18)7(21)9(13,14)6-1-19-4-22-6/h1,4-5H,2-3H2. The van der Waals surface area contributed by atoms with Crippen LogP contribution in [0.5, 0.6) is 0 Å². The summed E-state index contributed by atoms with van der Waals surface area (Å²) < 4.78 is 81.6. The SMILES string of the molecule is O=C(N1CC2C(F)(F)C(F)(F)C2(Cl)C1)C(F)(F)c1cncs1. The normalized spacial score (nSPS) is 32.5. The van der Waals surface area contributed by atoms with Gasteiger partial charge in [-0.25, -0.2) is 0 Å². The van der Waals surface area contributed by atoms with Crippen molar-refractivity contribution in [3.63, 3.8) is 0 Å². The number of alkyl halides is 7. The Kier molecular flexibility index (Phi) is 3.08. The molecule has 1 aliphatic heterocycles. The number of halogens is 7. The van der Waals surface area contributed by atoms with Crippen molar-refractivity contribution in [2.75, 3.05) is 13.1 Å². The van der Waals surface area contributed by atoms with Gasteiger partial charge in [0.05, 0.1) is 11.4 Å². The van der Waals surface area contributed by atoms with E-state index in [-0.39, 0.29) is 4.90 Å². The van der Waals surface area contributed by atoms with E-state index in [0.29, 0.717) is 11.3 Å². The first-order valence-electron chi connectivity index (χ1n) is 5.97. The summed E-state index contributed by atoms with van der Waals surface area (Å²) >= 11 is 6.01. The number of carbonyl (C=O) groups is 1. The lowest BCUT2D eigenvalue weighted by Crippen LogP contribution is -2.75. The van der Waals surface area contributed by atoms with Crippen LogP contribution < -0.4 is 0 Å². The van der Waals surface area contributed by atoms with Crippen molar-refractivity contribution >= 4 is 28.8 Å². The van der Waals surface area contributed by atoms with Crippen molar-refractivity contribution < 1.29 is 31.1 Å². The molecule has 0 spiro atoms. The molecule has 0 aromatic carbocycles. The lowest BCUT2D eigenvalue weighted by atomic mass is 9.67. The number of hydrogen-bond donors (Lipinski definition) is 0. The summed E-state index contributed by atoms with van der Waals surface area (Å²) in [6, 6.07) is 0. The van der Waals surface area contributed by atoms with Gasteiger partial charge in [-0.1, -0.05) is 0 Å². The number of thiazole rings is 1. The van der Waals surface area contributed by atoms with E-state index < -0.39 is 52.4 Å². The van der Waals surface area contributed by atoms with E-state index in [1.165, 1.54) is 0 Å². The van der Waals surface area contributed by atoms with Crippen molar-refractivity contribution in [2.24, 2.45) is 5.92 Å². The van der Waals surface area contributed by atoms with Crippen LogP contribution >= 0.6 is 22.9 Å². The smallest absolute Gasteiger partial charge is 0.335 e. The number of rotatable bonds is 2. The van der Waals surface area contributed by atoms with Gasteiger partial charge in [0.15, 0.2) is 0 Å². The summed E-state index contributed by atoms with van der Waals surface area (Å²) in [5.74, 6) is -16.9. The molecule has 11 heteroatoms. The zero-order valence-electron chi connectivity index (χ0n) is 10.5. The Labute approximate surface area is 128 Å². The molecule has 0 radical (unpaired) electrons. The summed E-state index contributed by atoms with van der Waals surface area (Å²) in [6.07, 6.45) is 0.757. The van der Waals surface area contributed by atoms with Crippen LogP contribution in [0, 0.1) is 5.92 Å². The van der Waals surface area contributed by atoms with Crippen LogP contribution in [0.2, 0.25) is 0 Å². The van der Waals surface area contributed by atoms with Gasteiger partial charge in [0.2, 0.25) is 0 Å². The third-order valence-corrected chi connectivity index (χ3v) is 5.52. The summed E-state index contributed by atoms with van der Waals surface area (Å²) in [5.41, 5.74) is 1.07. The average molecular weight is 365 g/mol. The maximum absolute atomic E-state index is 14.0. The number of carbonyl (C=O) groups excluding carboxylic acids is 1. The van der Waals surface area contributed by atoms with E-state index in [9.17, 15) is 31.1 Å². The third-order valence-electron chi connectivity index (χ3n) is 4.05. The molecule has 2 aliphatic rings. The van der Waals surface area contributed by atoms with Crippen molar-refractivity contribution in [1.82, 2.24) is 9.88 Å². The third kappa shape index (κ3) is 1.65. The Morgan fingerprint density at radius 3 is 2.55 bits per heavy atom. The Morgan fingerprint density at radius 1 is 1.41 bits per heavy atom. The minimum absolute atomic E-state index is 0.270. The molecular weight excluding hydrogens is 358 g/mol. The van der Waals surface area contributed by atoms with Crippen molar-refractivity contribution in [3.05, 3.63) is 16.6 Å². The fraction of sp³-hybridized carbons (Fsp3) is 0.636. The molecule has 2 atom stereocenters. The Hall–Kier alpha value is -1.03. The summed E-state index contributed by atoms with van der Waals surface area (Å²) in [6.45, 7) is -2.01. The number of nitrogens with zero attached hydrogens (tertiary/aromatic N) is 2. The molecule has 1 saturated carbocycles. The van der Waals surface area contributed by atoms with Gasteiger partial charge in [0, 0.05) is 19.3 Å². The quantitative estimate of drug-likeness (QED) is 0.597. The predicted octanol–water partition coefficient (Wildman–Crippen LogP) is 2.96. The molecule has 3 rings (SSSR count). The van der Waals surface area contributed by atoms with Crippen molar-refractivity contribution in [1.29, 1.82) is 0 Å². The van der Waals surface area contributed by atoms with Crippen molar-refractivity contribution in [3.8, 4) is 0 Å². The molecule has 2 fully saturated rings. The highest BCUT2D eigenvalue weighted by molar-refractivity contribution is 7.09. The second-order valence-corrected chi connectivity index (χ2v) is 6.80. The van der Waals surface area contributed by atoms with E-state index >= 15 is 0 Å². The predicted molar refractivity (Wildman–Crippen MR) is 64.6 cm³/mol. The number of likely N-dealkylation sites (tertiary alicyclic amines) is 1. The van der Waals surface area contributed by atoms with Crippen LogP contribution in [0.4, 0.5) is 26.3 Å². The van der Waals surface area contributed by atoms with Gasteiger partial charge >= 0.3 is 17.8 Å². The van der Waals surface area contributed by atoms with Gasteiger partial charge in [-0.05, 0) is 0 Å². The minimum atomic E-state index is -4.55. The van der Waals surface area contributed by atoms with Gasteiger partial charge in [0.25, 0.3) is 5.91 Å². The maximum Gasteiger partial charge on any atom is 0.360 e. The first-order chi connectivity index (χ1) is 9.96. The van der Waals surface area contributed by atoms with Gasteiger partial charge in [-0.3, -0.25) is 9.78 Å². The van der Waals surface area contributed by atoms with E-state index in [0.717, 1.165) is 11.7 Å². The van der Waals surface area contributed by atoms with Crippen LogP contribution in [0.25, 0.3) is 0 Å². The van der Waals surface area contributed by atoms with Gasteiger partial charge < -0.3 is 4.90 Å². The highest BCUT2D eigenvalue weighted by Crippen LogP contribution is 2.67. The van der Waals surface area contributed by atoms with Gasteiger partial charge in [-0.15, -0.1) is 22.9 Å². The lowest BCUT2D eigenvalue weighted by Gasteiger charge is -2.52. The molecule has 0 bridgehead atoms. The average Bonchev–Trinajstić information content (AvgIpc) is 3.04. The Balaban J connectivity index is 1.86. The molecule has 2 unspecified atom stereocenters. The topological polar surface area (TPSA) is 33.2 Å². The largest absolute Gasteiger partial charge is 0.360 e. The fourth-order valence-electron chi connectivity index (χ4n) is 2.79. The molecule has 1 aliphatic carbocycles. The van der Waals surface area contributed by atoms with Crippen LogP contribution in [0.1, 0.15) is 4.88 Å². The Morgan fingerprint density at radius 2 is 2.05 bits per heavy atom. The van der Waals surface area contributed by atoms with E-state index in [1.54, 1.807) is 0 Å².